The Bertz CT molecular complexity index is 517. The maximum atomic E-state index is 11.6. The molecule has 1 aromatic rings. The van der Waals surface area contributed by atoms with Crippen LogP contribution in [0.25, 0.3) is 0 Å². The molecular formula is C13H18N2O4S. The summed E-state index contributed by atoms with van der Waals surface area (Å²) in [5.41, 5.74) is -0.537. The third-order valence-electron chi connectivity index (χ3n) is 2.42. The fourth-order valence-corrected chi connectivity index (χ4v) is 2.05. The number of carboxylic acid groups (broad SMARTS) is 1. The zero-order chi connectivity index (χ0) is 15.3. The summed E-state index contributed by atoms with van der Waals surface area (Å²) in [6.07, 6.45) is 0. The molecule has 110 valence electrons. The Labute approximate surface area is 121 Å². The van der Waals surface area contributed by atoms with Crippen molar-refractivity contribution in [1.29, 1.82) is 0 Å². The lowest BCUT2D eigenvalue weighted by Gasteiger charge is -2.17. The van der Waals surface area contributed by atoms with Crippen LogP contribution in [0.1, 0.15) is 35.3 Å². The van der Waals surface area contributed by atoms with Crippen LogP contribution in [0.5, 0.6) is 0 Å². The van der Waals surface area contributed by atoms with Crippen LogP contribution in [0.4, 0.5) is 0 Å². The van der Waals surface area contributed by atoms with Crippen molar-refractivity contribution < 1.29 is 19.5 Å². The van der Waals surface area contributed by atoms with Gasteiger partial charge in [0.05, 0.1) is 13.1 Å². The van der Waals surface area contributed by atoms with Crippen LogP contribution in [0.15, 0.2) is 12.1 Å². The minimum Gasteiger partial charge on any atom is -0.477 e. The van der Waals surface area contributed by atoms with Crippen LogP contribution < -0.4 is 10.6 Å². The second-order valence-electron chi connectivity index (χ2n) is 5.28. The summed E-state index contributed by atoms with van der Waals surface area (Å²) in [4.78, 5) is 34.8. The second-order valence-corrected chi connectivity index (χ2v) is 6.45. The lowest BCUT2D eigenvalue weighted by molar-refractivity contribution is -0.131. The van der Waals surface area contributed by atoms with E-state index in [-0.39, 0.29) is 29.8 Å². The Balaban J connectivity index is 2.36. The number of rotatable bonds is 5. The first kappa shape index (κ1) is 16.2. The smallest absolute Gasteiger partial charge is 0.345 e. The van der Waals surface area contributed by atoms with Crippen molar-refractivity contribution >= 4 is 29.1 Å². The largest absolute Gasteiger partial charge is 0.477 e. The summed E-state index contributed by atoms with van der Waals surface area (Å²) in [5, 5.41) is 13.9. The molecule has 3 N–H and O–H groups in total. The van der Waals surface area contributed by atoms with Gasteiger partial charge in [0.25, 0.3) is 0 Å². The number of hydrogen-bond acceptors (Lipinski definition) is 4. The normalized spacial score (nSPS) is 10.9. The number of aromatic carboxylic acids is 1. The number of carbonyl (C=O) groups excluding carboxylic acids is 2. The Morgan fingerprint density at radius 3 is 2.35 bits per heavy atom. The zero-order valence-corrected chi connectivity index (χ0v) is 12.5. The van der Waals surface area contributed by atoms with Gasteiger partial charge in [-0.3, -0.25) is 9.59 Å². The van der Waals surface area contributed by atoms with Crippen molar-refractivity contribution in [3.8, 4) is 0 Å². The molecule has 0 atom stereocenters. The van der Waals surface area contributed by atoms with E-state index in [2.05, 4.69) is 10.6 Å². The molecule has 0 saturated carbocycles. The molecule has 0 aliphatic rings. The molecule has 0 saturated heterocycles. The number of nitrogens with one attached hydrogen (secondary N) is 2. The second kappa shape index (κ2) is 6.51. The van der Waals surface area contributed by atoms with Gasteiger partial charge in [-0.05, 0) is 12.1 Å². The van der Waals surface area contributed by atoms with Gasteiger partial charge in [-0.1, -0.05) is 20.8 Å². The lowest BCUT2D eigenvalue weighted by Crippen LogP contribution is -2.41. The van der Waals surface area contributed by atoms with Crippen LogP contribution in [-0.2, 0) is 16.1 Å². The lowest BCUT2D eigenvalue weighted by atomic mass is 9.96. The zero-order valence-electron chi connectivity index (χ0n) is 11.6. The molecule has 0 spiro atoms. The van der Waals surface area contributed by atoms with E-state index in [9.17, 15) is 14.4 Å². The molecular weight excluding hydrogens is 280 g/mol. The minimum atomic E-state index is -0.981. The van der Waals surface area contributed by atoms with Gasteiger partial charge in [0, 0.05) is 10.3 Å². The molecule has 0 unspecified atom stereocenters. The average molecular weight is 298 g/mol. The predicted octanol–water partition coefficient (Wildman–Crippen LogP) is 1.22. The van der Waals surface area contributed by atoms with Gasteiger partial charge < -0.3 is 15.7 Å². The van der Waals surface area contributed by atoms with Crippen LogP contribution in [0.3, 0.4) is 0 Å². The van der Waals surface area contributed by atoms with Gasteiger partial charge in [0.1, 0.15) is 4.88 Å². The fourth-order valence-electron chi connectivity index (χ4n) is 1.26. The fraction of sp³-hybridized carbons (Fsp3) is 0.462. The van der Waals surface area contributed by atoms with Crippen molar-refractivity contribution in [1.82, 2.24) is 10.6 Å². The van der Waals surface area contributed by atoms with Gasteiger partial charge in [-0.15, -0.1) is 11.3 Å². The third-order valence-corrected chi connectivity index (χ3v) is 3.50. The highest BCUT2D eigenvalue weighted by Gasteiger charge is 2.21. The maximum absolute atomic E-state index is 11.6. The summed E-state index contributed by atoms with van der Waals surface area (Å²) in [6.45, 7) is 5.45. The SMILES string of the molecule is CC(C)(C)C(=O)NCC(=O)NCc1ccc(C(=O)O)s1. The molecule has 0 radical (unpaired) electrons. The van der Waals surface area contributed by atoms with Gasteiger partial charge in [-0.25, -0.2) is 4.79 Å². The first-order valence-corrected chi connectivity index (χ1v) is 6.89. The minimum absolute atomic E-state index is 0.0900. The quantitative estimate of drug-likeness (QED) is 0.761. The van der Waals surface area contributed by atoms with E-state index in [1.54, 1.807) is 26.8 Å². The van der Waals surface area contributed by atoms with Crippen molar-refractivity contribution in [3.63, 3.8) is 0 Å². The van der Waals surface area contributed by atoms with Crippen LogP contribution in [-0.4, -0.2) is 29.4 Å². The van der Waals surface area contributed by atoms with Crippen molar-refractivity contribution in [2.45, 2.75) is 27.3 Å². The summed E-state index contributed by atoms with van der Waals surface area (Å²) < 4.78 is 0. The topological polar surface area (TPSA) is 95.5 Å². The van der Waals surface area contributed by atoms with E-state index in [1.165, 1.54) is 6.07 Å². The van der Waals surface area contributed by atoms with E-state index in [1.807, 2.05) is 0 Å². The van der Waals surface area contributed by atoms with E-state index in [4.69, 9.17) is 5.11 Å². The summed E-state index contributed by atoms with van der Waals surface area (Å²) in [6, 6.07) is 3.15. The Morgan fingerprint density at radius 1 is 1.20 bits per heavy atom. The number of carboxylic acids is 1. The summed E-state index contributed by atoms with van der Waals surface area (Å²) >= 11 is 1.11. The Kier molecular flexibility index (Phi) is 5.26. The standard InChI is InChI=1S/C13H18N2O4S/c1-13(2,3)12(19)15-7-10(16)14-6-8-4-5-9(20-8)11(17)18/h4-5H,6-7H2,1-3H3,(H,14,16)(H,15,19)(H,17,18). The molecule has 0 fully saturated rings. The van der Waals surface area contributed by atoms with E-state index < -0.39 is 11.4 Å². The monoisotopic (exact) mass is 298 g/mol. The summed E-state index contributed by atoms with van der Waals surface area (Å²) in [5.74, 6) is -1.49. The van der Waals surface area contributed by atoms with Gasteiger partial charge in [0.15, 0.2) is 0 Å². The number of amides is 2. The van der Waals surface area contributed by atoms with Gasteiger partial charge >= 0.3 is 5.97 Å². The highest BCUT2D eigenvalue weighted by molar-refractivity contribution is 7.13. The van der Waals surface area contributed by atoms with Crippen molar-refractivity contribution in [2.24, 2.45) is 5.41 Å². The van der Waals surface area contributed by atoms with Crippen LogP contribution >= 0.6 is 11.3 Å². The van der Waals surface area contributed by atoms with Gasteiger partial charge in [0.2, 0.25) is 11.8 Å². The number of thiophene rings is 1. The average Bonchev–Trinajstić information content (AvgIpc) is 2.81. The summed E-state index contributed by atoms with van der Waals surface area (Å²) in [7, 11) is 0. The number of hydrogen-bond donors (Lipinski definition) is 3. The highest BCUT2D eigenvalue weighted by atomic mass is 32.1. The third kappa shape index (κ3) is 5.00. The van der Waals surface area contributed by atoms with E-state index >= 15 is 0 Å². The van der Waals surface area contributed by atoms with E-state index in [0.717, 1.165) is 16.2 Å². The first-order chi connectivity index (χ1) is 9.20. The molecule has 0 bridgehead atoms. The molecule has 7 heteroatoms. The molecule has 2 amide bonds. The van der Waals surface area contributed by atoms with Gasteiger partial charge in [-0.2, -0.15) is 0 Å². The molecule has 0 aliphatic carbocycles. The first-order valence-electron chi connectivity index (χ1n) is 6.07. The predicted molar refractivity (Wildman–Crippen MR) is 75.6 cm³/mol. The van der Waals surface area contributed by atoms with Crippen LogP contribution in [0.2, 0.25) is 0 Å². The maximum Gasteiger partial charge on any atom is 0.345 e. The van der Waals surface area contributed by atoms with Crippen LogP contribution in [0, 0.1) is 5.41 Å². The number of carbonyl (C=O) groups is 3. The van der Waals surface area contributed by atoms with Crippen molar-refractivity contribution in [3.05, 3.63) is 21.9 Å². The molecule has 1 heterocycles. The molecule has 0 aliphatic heterocycles. The molecule has 0 aromatic carbocycles. The molecule has 1 aromatic heterocycles. The van der Waals surface area contributed by atoms with E-state index in [0.29, 0.717) is 0 Å². The Morgan fingerprint density at radius 2 is 1.85 bits per heavy atom. The highest BCUT2D eigenvalue weighted by Crippen LogP contribution is 2.16. The Hall–Kier alpha value is -1.89. The molecule has 20 heavy (non-hydrogen) atoms. The molecule has 1 rings (SSSR count). The molecule has 6 nitrogen and oxygen atoms in total. The van der Waals surface area contributed by atoms with Crippen molar-refractivity contribution in [2.75, 3.05) is 6.54 Å².